The minimum Gasteiger partial charge on any atom is -0.326 e. The molecule has 0 fully saturated rings. The van der Waals surface area contributed by atoms with Crippen molar-refractivity contribution in [2.75, 3.05) is 18.9 Å². The zero-order valence-electron chi connectivity index (χ0n) is 13.2. The number of halogens is 1. The van der Waals surface area contributed by atoms with Gasteiger partial charge in [0.15, 0.2) is 6.54 Å². The fourth-order valence-electron chi connectivity index (χ4n) is 2.38. The lowest BCUT2D eigenvalue weighted by atomic mass is 10.1. The molecule has 1 unspecified atom stereocenters. The summed E-state index contributed by atoms with van der Waals surface area (Å²) in [6.45, 7) is 3.14. The van der Waals surface area contributed by atoms with Gasteiger partial charge in [-0.3, -0.25) is 4.79 Å². The predicted molar refractivity (Wildman–Crippen MR) is 91.4 cm³/mol. The second-order valence-corrected chi connectivity index (χ2v) is 6.02. The third kappa shape index (κ3) is 4.82. The molecule has 2 rings (SSSR count). The Bertz CT molecular complexity index is 752. The summed E-state index contributed by atoms with van der Waals surface area (Å²) in [6.07, 6.45) is 0. The van der Waals surface area contributed by atoms with Gasteiger partial charge in [-0.05, 0) is 30.7 Å². The van der Waals surface area contributed by atoms with Crippen LogP contribution in [0.15, 0.2) is 42.5 Å². The number of aryl methyl sites for hydroxylation is 1. The van der Waals surface area contributed by atoms with E-state index in [1.165, 1.54) is 11.1 Å². The van der Waals surface area contributed by atoms with Crippen LogP contribution in [0.2, 0.25) is 5.02 Å². The van der Waals surface area contributed by atoms with Crippen LogP contribution in [0.25, 0.3) is 0 Å². The number of hydrogen-bond acceptors (Lipinski definition) is 2. The normalized spacial score (nSPS) is 11.6. The van der Waals surface area contributed by atoms with E-state index in [2.05, 4.69) is 24.4 Å². The Kier molecular flexibility index (Phi) is 5.75. The molecule has 0 radical (unpaired) electrons. The van der Waals surface area contributed by atoms with Gasteiger partial charge in [0, 0.05) is 10.6 Å². The zero-order valence-corrected chi connectivity index (χ0v) is 13.9. The molecule has 0 aliphatic carbocycles. The minimum absolute atomic E-state index is 0.144. The molecular weight excluding hydrogens is 310 g/mol. The third-order valence-electron chi connectivity index (χ3n) is 3.59. The predicted octanol–water partition coefficient (Wildman–Crippen LogP) is 2.17. The van der Waals surface area contributed by atoms with Crippen molar-refractivity contribution in [3.63, 3.8) is 0 Å². The van der Waals surface area contributed by atoms with Crippen LogP contribution >= 0.6 is 11.6 Å². The first-order valence-corrected chi connectivity index (χ1v) is 7.72. The lowest BCUT2D eigenvalue weighted by Gasteiger charge is -2.15. The number of carbonyl (C=O) groups is 1. The molecule has 0 bridgehead atoms. The topological polar surface area (TPSA) is 57.3 Å². The van der Waals surface area contributed by atoms with E-state index in [1.807, 2.05) is 25.2 Å². The Morgan fingerprint density at radius 3 is 2.74 bits per heavy atom. The highest BCUT2D eigenvalue weighted by Crippen LogP contribution is 2.20. The summed E-state index contributed by atoms with van der Waals surface area (Å²) >= 11 is 5.92. The second-order valence-electron chi connectivity index (χ2n) is 5.59. The number of quaternary nitrogens is 1. The number of rotatable bonds is 5. The quantitative estimate of drug-likeness (QED) is 0.884. The van der Waals surface area contributed by atoms with E-state index in [0.29, 0.717) is 22.8 Å². The van der Waals surface area contributed by atoms with Gasteiger partial charge < -0.3 is 10.2 Å². The number of benzene rings is 2. The van der Waals surface area contributed by atoms with Crippen LogP contribution in [0.3, 0.4) is 0 Å². The largest absolute Gasteiger partial charge is 0.326 e. The van der Waals surface area contributed by atoms with E-state index in [-0.39, 0.29) is 5.91 Å². The molecule has 0 spiro atoms. The first kappa shape index (κ1) is 17.0. The van der Waals surface area contributed by atoms with Crippen molar-refractivity contribution in [3.05, 3.63) is 64.2 Å². The molecule has 1 atom stereocenters. The van der Waals surface area contributed by atoms with Crippen molar-refractivity contribution in [2.24, 2.45) is 0 Å². The zero-order chi connectivity index (χ0) is 16.8. The van der Waals surface area contributed by atoms with Crippen LogP contribution in [-0.4, -0.2) is 19.5 Å². The highest BCUT2D eigenvalue weighted by atomic mass is 35.5. The fourth-order valence-corrected chi connectivity index (χ4v) is 2.55. The van der Waals surface area contributed by atoms with Crippen molar-refractivity contribution in [1.82, 2.24) is 0 Å². The lowest BCUT2D eigenvalue weighted by molar-refractivity contribution is -0.885. The molecule has 4 nitrogen and oxygen atoms in total. The maximum absolute atomic E-state index is 12.2. The van der Waals surface area contributed by atoms with Crippen LogP contribution in [0.1, 0.15) is 16.7 Å². The van der Waals surface area contributed by atoms with Gasteiger partial charge in [-0.15, -0.1) is 0 Å². The number of hydrogen-bond donors (Lipinski definition) is 2. The summed E-state index contributed by atoms with van der Waals surface area (Å²) in [6, 6.07) is 15.0. The Hall–Kier alpha value is -2.35. The maximum atomic E-state index is 12.2. The summed E-state index contributed by atoms with van der Waals surface area (Å²) in [5, 5.41) is 12.3. The van der Waals surface area contributed by atoms with Gasteiger partial charge >= 0.3 is 0 Å². The van der Waals surface area contributed by atoms with Crippen LogP contribution in [-0.2, 0) is 11.3 Å². The Morgan fingerprint density at radius 1 is 1.30 bits per heavy atom. The first-order chi connectivity index (χ1) is 11.0. The van der Waals surface area contributed by atoms with Gasteiger partial charge in [-0.2, -0.15) is 5.26 Å². The van der Waals surface area contributed by atoms with Crippen LogP contribution in [0.5, 0.6) is 0 Å². The molecule has 2 aromatic carbocycles. The Balaban J connectivity index is 1.99. The van der Waals surface area contributed by atoms with Crippen molar-refractivity contribution >= 4 is 23.2 Å². The summed E-state index contributed by atoms with van der Waals surface area (Å²) in [4.78, 5) is 13.3. The van der Waals surface area contributed by atoms with Crippen LogP contribution in [0.4, 0.5) is 5.69 Å². The molecule has 1 amide bonds. The van der Waals surface area contributed by atoms with Gasteiger partial charge in [0.2, 0.25) is 0 Å². The molecule has 2 N–H and O–H groups in total. The third-order valence-corrected chi connectivity index (χ3v) is 3.83. The average Bonchev–Trinajstić information content (AvgIpc) is 2.49. The molecule has 118 valence electrons. The van der Waals surface area contributed by atoms with Crippen LogP contribution in [0, 0.1) is 18.3 Å². The summed E-state index contributed by atoms with van der Waals surface area (Å²) in [5.41, 5.74) is 3.29. The van der Waals surface area contributed by atoms with Gasteiger partial charge in [0.25, 0.3) is 5.91 Å². The number of nitrogens with one attached hydrogen (secondary N) is 2. The summed E-state index contributed by atoms with van der Waals surface area (Å²) in [7, 11) is 1.97. The number of carbonyl (C=O) groups excluding carboxylic acids is 1. The van der Waals surface area contributed by atoms with E-state index in [4.69, 9.17) is 16.9 Å². The van der Waals surface area contributed by atoms with Gasteiger partial charge in [0.05, 0.1) is 18.3 Å². The standard InChI is InChI=1S/C18H18ClN3O/c1-13-5-3-4-6-15(13)11-22(2)12-18(23)21-17-9-16(19)8-7-14(17)10-20/h3-9H,11-12H2,1-2H3,(H,21,23)/p+1. The van der Waals surface area contributed by atoms with E-state index in [0.717, 1.165) is 11.4 Å². The summed E-state index contributed by atoms with van der Waals surface area (Å²) in [5.74, 6) is -0.144. The van der Waals surface area contributed by atoms with E-state index >= 15 is 0 Å². The molecule has 5 heteroatoms. The highest BCUT2D eigenvalue weighted by molar-refractivity contribution is 6.31. The van der Waals surface area contributed by atoms with Gasteiger partial charge in [0.1, 0.15) is 12.6 Å². The van der Waals surface area contributed by atoms with Crippen molar-refractivity contribution in [3.8, 4) is 6.07 Å². The molecule has 0 saturated carbocycles. The number of amides is 1. The van der Waals surface area contributed by atoms with E-state index in [1.54, 1.807) is 18.2 Å². The molecule has 0 aliphatic heterocycles. The Morgan fingerprint density at radius 2 is 2.04 bits per heavy atom. The number of likely N-dealkylation sites (N-methyl/N-ethyl adjacent to an activating group) is 1. The molecule has 0 saturated heterocycles. The monoisotopic (exact) mass is 328 g/mol. The average molecular weight is 329 g/mol. The first-order valence-electron chi connectivity index (χ1n) is 7.35. The maximum Gasteiger partial charge on any atom is 0.279 e. The fraction of sp³-hybridized carbons (Fsp3) is 0.222. The number of nitriles is 1. The van der Waals surface area contributed by atoms with Crippen LogP contribution < -0.4 is 10.2 Å². The minimum atomic E-state index is -0.144. The molecule has 0 heterocycles. The number of nitrogens with zero attached hydrogens (tertiary/aromatic N) is 1. The molecular formula is C18H19ClN3O+. The van der Waals surface area contributed by atoms with Crippen molar-refractivity contribution in [2.45, 2.75) is 13.5 Å². The summed E-state index contributed by atoms with van der Waals surface area (Å²) < 4.78 is 0. The van der Waals surface area contributed by atoms with E-state index < -0.39 is 0 Å². The SMILES string of the molecule is Cc1ccccc1C[NH+](C)CC(=O)Nc1cc(Cl)ccc1C#N. The smallest absolute Gasteiger partial charge is 0.279 e. The molecule has 0 aliphatic rings. The molecule has 23 heavy (non-hydrogen) atoms. The molecule has 0 aromatic heterocycles. The van der Waals surface area contributed by atoms with Crippen molar-refractivity contribution < 1.29 is 9.69 Å². The van der Waals surface area contributed by atoms with E-state index in [9.17, 15) is 4.79 Å². The highest BCUT2D eigenvalue weighted by Gasteiger charge is 2.13. The second kappa shape index (κ2) is 7.77. The Labute approximate surface area is 141 Å². The number of anilines is 1. The van der Waals surface area contributed by atoms with Crippen molar-refractivity contribution in [1.29, 1.82) is 5.26 Å². The van der Waals surface area contributed by atoms with Gasteiger partial charge in [-0.1, -0.05) is 35.9 Å². The van der Waals surface area contributed by atoms with Gasteiger partial charge in [-0.25, -0.2) is 0 Å². The molecule has 2 aromatic rings. The lowest BCUT2D eigenvalue weighted by Crippen LogP contribution is -3.08.